The molecular weight excluding hydrogens is 260 g/mol. The standard InChI is InChI=1S/C14H16N2O2S/c17-14(13-4-1-9-18-13)16-7-5-15(6-8-16)11-12-3-2-10-19-12/h1-4,9-10H,5-8,11H2. The van der Waals surface area contributed by atoms with Gasteiger partial charge in [-0.2, -0.15) is 0 Å². The fourth-order valence-electron chi connectivity index (χ4n) is 2.29. The molecule has 2 aromatic rings. The van der Waals surface area contributed by atoms with E-state index in [1.165, 1.54) is 4.88 Å². The molecule has 1 saturated heterocycles. The van der Waals surface area contributed by atoms with Crippen molar-refractivity contribution < 1.29 is 9.21 Å². The Bertz CT molecular complexity index is 514. The lowest BCUT2D eigenvalue weighted by molar-refractivity contribution is 0.0599. The molecule has 3 heterocycles. The molecule has 100 valence electrons. The fourth-order valence-corrected chi connectivity index (χ4v) is 3.03. The SMILES string of the molecule is O=C(c1ccco1)N1CCN(Cc2cccs2)CC1. The summed E-state index contributed by atoms with van der Waals surface area (Å²) in [6.45, 7) is 4.37. The van der Waals surface area contributed by atoms with Crippen molar-refractivity contribution in [2.75, 3.05) is 26.2 Å². The average Bonchev–Trinajstić information content (AvgIpc) is 3.12. The van der Waals surface area contributed by atoms with Gasteiger partial charge in [-0.1, -0.05) is 6.07 Å². The largest absolute Gasteiger partial charge is 0.459 e. The van der Waals surface area contributed by atoms with E-state index < -0.39 is 0 Å². The van der Waals surface area contributed by atoms with Crippen LogP contribution in [-0.4, -0.2) is 41.9 Å². The van der Waals surface area contributed by atoms with Crippen LogP contribution in [0.2, 0.25) is 0 Å². The predicted octanol–water partition coefficient (Wildman–Crippen LogP) is 2.30. The molecule has 0 spiro atoms. The van der Waals surface area contributed by atoms with Gasteiger partial charge in [-0.25, -0.2) is 0 Å². The van der Waals surface area contributed by atoms with E-state index in [4.69, 9.17) is 4.42 Å². The number of amides is 1. The van der Waals surface area contributed by atoms with Crippen LogP contribution in [0.25, 0.3) is 0 Å². The van der Waals surface area contributed by atoms with E-state index in [0.717, 1.165) is 32.7 Å². The van der Waals surface area contributed by atoms with Crippen molar-refractivity contribution in [3.05, 3.63) is 46.5 Å². The summed E-state index contributed by atoms with van der Waals surface area (Å²) in [5.74, 6) is 0.437. The van der Waals surface area contributed by atoms with Crippen LogP contribution in [0.1, 0.15) is 15.4 Å². The van der Waals surface area contributed by atoms with Crippen molar-refractivity contribution in [1.29, 1.82) is 0 Å². The minimum Gasteiger partial charge on any atom is -0.459 e. The first-order valence-electron chi connectivity index (χ1n) is 6.40. The monoisotopic (exact) mass is 276 g/mol. The fraction of sp³-hybridized carbons (Fsp3) is 0.357. The predicted molar refractivity (Wildman–Crippen MR) is 74.2 cm³/mol. The lowest BCUT2D eigenvalue weighted by Crippen LogP contribution is -2.48. The van der Waals surface area contributed by atoms with Crippen molar-refractivity contribution in [1.82, 2.24) is 9.80 Å². The number of furan rings is 1. The number of hydrogen-bond acceptors (Lipinski definition) is 4. The normalized spacial score (nSPS) is 16.7. The lowest BCUT2D eigenvalue weighted by atomic mass is 10.2. The van der Waals surface area contributed by atoms with Gasteiger partial charge in [-0.05, 0) is 23.6 Å². The average molecular weight is 276 g/mol. The van der Waals surface area contributed by atoms with Gasteiger partial charge >= 0.3 is 0 Å². The Kier molecular flexibility index (Phi) is 3.66. The zero-order chi connectivity index (χ0) is 13.1. The number of nitrogens with zero attached hydrogens (tertiary/aromatic N) is 2. The summed E-state index contributed by atoms with van der Waals surface area (Å²) >= 11 is 1.78. The Morgan fingerprint density at radius 3 is 2.68 bits per heavy atom. The van der Waals surface area contributed by atoms with Gasteiger partial charge in [0.2, 0.25) is 0 Å². The van der Waals surface area contributed by atoms with Gasteiger partial charge in [0.1, 0.15) is 0 Å². The molecule has 0 unspecified atom stereocenters. The van der Waals surface area contributed by atoms with Crippen LogP contribution in [-0.2, 0) is 6.54 Å². The summed E-state index contributed by atoms with van der Waals surface area (Å²) in [5.41, 5.74) is 0. The Morgan fingerprint density at radius 2 is 2.05 bits per heavy atom. The number of hydrogen-bond donors (Lipinski definition) is 0. The van der Waals surface area contributed by atoms with E-state index in [0.29, 0.717) is 5.76 Å². The van der Waals surface area contributed by atoms with Crippen LogP contribution in [0.15, 0.2) is 40.3 Å². The molecule has 4 nitrogen and oxygen atoms in total. The Labute approximate surface area is 116 Å². The molecule has 0 atom stereocenters. The maximum Gasteiger partial charge on any atom is 0.289 e. The molecule has 3 rings (SSSR count). The Balaban J connectivity index is 1.53. The van der Waals surface area contributed by atoms with Gasteiger partial charge in [0, 0.05) is 37.6 Å². The zero-order valence-electron chi connectivity index (χ0n) is 10.6. The van der Waals surface area contributed by atoms with E-state index in [2.05, 4.69) is 22.4 Å². The minimum atomic E-state index is 0.000716. The third-order valence-corrected chi connectivity index (χ3v) is 4.21. The van der Waals surface area contributed by atoms with Gasteiger partial charge in [-0.15, -0.1) is 11.3 Å². The second-order valence-electron chi connectivity index (χ2n) is 4.63. The van der Waals surface area contributed by atoms with E-state index in [1.54, 1.807) is 29.7 Å². The molecule has 5 heteroatoms. The minimum absolute atomic E-state index is 0.000716. The van der Waals surface area contributed by atoms with Crippen molar-refractivity contribution in [2.45, 2.75) is 6.54 Å². The van der Waals surface area contributed by atoms with Crippen molar-refractivity contribution >= 4 is 17.2 Å². The second-order valence-corrected chi connectivity index (χ2v) is 5.66. The summed E-state index contributed by atoms with van der Waals surface area (Å²) in [6.07, 6.45) is 1.54. The first-order chi connectivity index (χ1) is 9.33. The number of carbonyl (C=O) groups excluding carboxylic acids is 1. The van der Waals surface area contributed by atoms with Gasteiger partial charge in [0.25, 0.3) is 5.91 Å². The van der Waals surface area contributed by atoms with Gasteiger partial charge < -0.3 is 9.32 Å². The number of carbonyl (C=O) groups is 1. The molecule has 1 aliphatic rings. The molecule has 0 N–H and O–H groups in total. The summed E-state index contributed by atoms with van der Waals surface area (Å²) < 4.78 is 5.16. The Hall–Kier alpha value is -1.59. The summed E-state index contributed by atoms with van der Waals surface area (Å²) in [4.78, 5) is 17.7. The van der Waals surface area contributed by atoms with Crippen LogP contribution in [0.5, 0.6) is 0 Å². The molecule has 0 saturated carbocycles. The topological polar surface area (TPSA) is 36.7 Å². The van der Waals surface area contributed by atoms with Crippen LogP contribution in [0.3, 0.4) is 0 Å². The zero-order valence-corrected chi connectivity index (χ0v) is 11.4. The first kappa shape index (κ1) is 12.4. The molecule has 1 amide bonds. The first-order valence-corrected chi connectivity index (χ1v) is 7.28. The lowest BCUT2D eigenvalue weighted by Gasteiger charge is -2.34. The smallest absolute Gasteiger partial charge is 0.289 e. The van der Waals surface area contributed by atoms with Crippen LogP contribution < -0.4 is 0 Å². The molecule has 1 aliphatic heterocycles. The van der Waals surface area contributed by atoms with Crippen molar-refractivity contribution in [3.63, 3.8) is 0 Å². The number of piperazine rings is 1. The van der Waals surface area contributed by atoms with Crippen molar-refractivity contribution in [2.24, 2.45) is 0 Å². The highest BCUT2D eigenvalue weighted by atomic mass is 32.1. The van der Waals surface area contributed by atoms with Crippen molar-refractivity contribution in [3.8, 4) is 0 Å². The molecule has 2 aromatic heterocycles. The number of rotatable bonds is 3. The summed E-state index contributed by atoms with van der Waals surface area (Å²) in [6, 6.07) is 7.71. The summed E-state index contributed by atoms with van der Waals surface area (Å²) in [5, 5.41) is 2.10. The van der Waals surface area contributed by atoms with Crippen LogP contribution in [0, 0.1) is 0 Å². The van der Waals surface area contributed by atoms with Gasteiger partial charge in [0.15, 0.2) is 5.76 Å². The quantitative estimate of drug-likeness (QED) is 0.863. The molecule has 0 aromatic carbocycles. The highest BCUT2D eigenvalue weighted by Gasteiger charge is 2.23. The van der Waals surface area contributed by atoms with Crippen LogP contribution in [0.4, 0.5) is 0 Å². The van der Waals surface area contributed by atoms with E-state index >= 15 is 0 Å². The van der Waals surface area contributed by atoms with Gasteiger partial charge in [-0.3, -0.25) is 9.69 Å². The van der Waals surface area contributed by atoms with E-state index in [1.807, 2.05) is 4.90 Å². The molecular formula is C14H16N2O2S. The molecule has 0 aliphatic carbocycles. The molecule has 0 bridgehead atoms. The highest BCUT2D eigenvalue weighted by Crippen LogP contribution is 2.14. The highest BCUT2D eigenvalue weighted by molar-refractivity contribution is 7.09. The molecule has 0 radical (unpaired) electrons. The third-order valence-electron chi connectivity index (χ3n) is 3.35. The van der Waals surface area contributed by atoms with Crippen LogP contribution >= 0.6 is 11.3 Å². The van der Waals surface area contributed by atoms with E-state index in [-0.39, 0.29) is 5.91 Å². The maximum atomic E-state index is 12.1. The van der Waals surface area contributed by atoms with Gasteiger partial charge in [0.05, 0.1) is 6.26 Å². The van der Waals surface area contributed by atoms with E-state index in [9.17, 15) is 4.79 Å². The third kappa shape index (κ3) is 2.88. The Morgan fingerprint density at radius 1 is 1.21 bits per heavy atom. The maximum absolute atomic E-state index is 12.1. The number of thiophene rings is 1. The molecule has 1 fully saturated rings. The second kappa shape index (κ2) is 5.59. The summed E-state index contributed by atoms with van der Waals surface area (Å²) in [7, 11) is 0. The molecule has 19 heavy (non-hydrogen) atoms.